The van der Waals surface area contributed by atoms with Crippen LogP contribution in [0.2, 0.25) is 0 Å². The van der Waals surface area contributed by atoms with Crippen molar-refractivity contribution in [3.05, 3.63) is 0 Å². The second kappa shape index (κ2) is 20.7. The summed E-state index contributed by atoms with van der Waals surface area (Å²) in [6.45, 7) is 5.83. The fourth-order valence-electron chi connectivity index (χ4n) is 3.42. The summed E-state index contributed by atoms with van der Waals surface area (Å²) < 4.78 is 15.1. The van der Waals surface area contributed by atoms with Gasteiger partial charge in [-0.05, 0) is 19.3 Å². The summed E-state index contributed by atoms with van der Waals surface area (Å²) in [4.78, 5) is 34.8. The van der Waals surface area contributed by atoms with Crippen molar-refractivity contribution < 1.29 is 38.8 Å². The molecule has 0 saturated carbocycles. The van der Waals surface area contributed by atoms with Crippen LogP contribution in [0.25, 0.3) is 0 Å². The molecule has 0 fully saturated rings. The predicted octanol–water partition coefficient (Wildman–Crippen LogP) is 5.31. The lowest BCUT2D eigenvalue weighted by Crippen LogP contribution is -2.47. The summed E-state index contributed by atoms with van der Waals surface area (Å²) in [6.07, 6.45) is 11.8. The van der Waals surface area contributed by atoms with Crippen molar-refractivity contribution in [1.82, 2.24) is 0 Å². The number of hydrogen-bond acceptors (Lipinski definition) is 8. The maximum absolute atomic E-state index is 11.8. The van der Waals surface area contributed by atoms with Crippen LogP contribution < -0.4 is 0 Å². The van der Waals surface area contributed by atoms with Gasteiger partial charge >= 0.3 is 17.9 Å². The molecule has 0 unspecified atom stereocenters. The molecule has 0 amide bonds. The van der Waals surface area contributed by atoms with Gasteiger partial charge in [-0.3, -0.25) is 14.4 Å². The molecule has 0 aromatic heterocycles. The summed E-state index contributed by atoms with van der Waals surface area (Å²) in [6, 6.07) is 0. The van der Waals surface area contributed by atoms with E-state index in [-0.39, 0.29) is 25.2 Å². The van der Waals surface area contributed by atoms with Gasteiger partial charge < -0.3 is 24.4 Å². The van der Waals surface area contributed by atoms with Gasteiger partial charge in [-0.15, -0.1) is 0 Å². The zero-order chi connectivity index (χ0) is 25.7. The van der Waals surface area contributed by atoms with Crippen LogP contribution >= 0.6 is 0 Å². The topological polar surface area (TPSA) is 119 Å². The van der Waals surface area contributed by atoms with E-state index in [0.29, 0.717) is 25.9 Å². The van der Waals surface area contributed by atoms with E-state index in [0.717, 1.165) is 32.1 Å². The molecule has 0 aliphatic carbocycles. The van der Waals surface area contributed by atoms with Crippen molar-refractivity contribution in [2.75, 3.05) is 6.61 Å². The Hall–Kier alpha value is -1.67. The maximum atomic E-state index is 11.8. The van der Waals surface area contributed by atoms with Crippen molar-refractivity contribution in [3.8, 4) is 0 Å². The van der Waals surface area contributed by atoms with Gasteiger partial charge in [-0.2, -0.15) is 0 Å². The predicted molar refractivity (Wildman–Crippen MR) is 130 cm³/mol. The molecule has 0 aliphatic rings. The minimum Gasteiger partial charge on any atom is -0.466 e. The molecule has 0 spiro atoms. The van der Waals surface area contributed by atoms with Crippen molar-refractivity contribution in [1.29, 1.82) is 0 Å². The Morgan fingerprint density at radius 2 is 1.12 bits per heavy atom. The van der Waals surface area contributed by atoms with Crippen LogP contribution in [0.4, 0.5) is 0 Å². The summed E-state index contributed by atoms with van der Waals surface area (Å²) in [5.74, 6) is -3.98. The van der Waals surface area contributed by atoms with Crippen LogP contribution in [0.1, 0.15) is 130 Å². The fraction of sp³-hybridized carbons (Fsp3) is 0.885. The third kappa shape index (κ3) is 17.8. The Balaban J connectivity index is 3.87. The summed E-state index contributed by atoms with van der Waals surface area (Å²) in [7, 11) is 0. The lowest BCUT2D eigenvalue weighted by Gasteiger charge is -2.30. The first-order valence-electron chi connectivity index (χ1n) is 13.3. The molecule has 0 aromatic rings. The van der Waals surface area contributed by atoms with E-state index >= 15 is 0 Å². The Morgan fingerprint density at radius 1 is 0.647 bits per heavy atom. The molecule has 2 N–H and O–H groups in total. The maximum Gasteiger partial charge on any atom is 0.308 e. The minimum atomic E-state index is -2.45. The molecule has 0 radical (unpaired) electrons. The van der Waals surface area contributed by atoms with Crippen LogP contribution in [-0.2, 0) is 28.6 Å². The molecular formula is C26H48O8. The van der Waals surface area contributed by atoms with Gasteiger partial charge in [0.1, 0.15) is 0 Å². The average molecular weight is 489 g/mol. The fourth-order valence-corrected chi connectivity index (χ4v) is 3.42. The van der Waals surface area contributed by atoms with Crippen LogP contribution in [0.5, 0.6) is 0 Å². The first-order valence-corrected chi connectivity index (χ1v) is 13.3. The van der Waals surface area contributed by atoms with Crippen LogP contribution in [0.3, 0.4) is 0 Å². The van der Waals surface area contributed by atoms with Crippen molar-refractivity contribution in [2.45, 2.75) is 142 Å². The SMILES string of the molecule is CCCCCCCCCCOC(=O)CCCCCCCC(O)(O)C(OC(=O)CC)OC(=O)CC. The molecule has 0 bridgehead atoms. The van der Waals surface area contributed by atoms with Gasteiger partial charge in [-0.25, -0.2) is 0 Å². The highest BCUT2D eigenvalue weighted by Crippen LogP contribution is 2.22. The normalized spacial score (nSPS) is 11.5. The number of hydrogen-bond donors (Lipinski definition) is 2. The first-order chi connectivity index (χ1) is 16.3. The Bertz CT molecular complexity index is 529. The van der Waals surface area contributed by atoms with Gasteiger partial charge in [-0.1, -0.05) is 85.0 Å². The molecule has 0 heterocycles. The Kier molecular flexibility index (Phi) is 19.7. The molecule has 0 atom stereocenters. The van der Waals surface area contributed by atoms with Crippen molar-refractivity contribution in [3.63, 3.8) is 0 Å². The number of carbonyl (C=O) groups is 3. The second-order valence-corrected chi connectivity index (χ2v) is 8.86. The summed E-state index contributed by atoms with van der Waals surface area (Å²) in [5.41, 5.74) is 0. The zero-order valence-electron chi connectivity index (χ0n) is 21.6. The number of carbonyl (C=O) groups excluding carboxylic acids is 3. The first kappa shape index (κ1) is 32.3. The molecule has 8 heteroatoms. The molecule has 34 heavy (non-hydrogen) atoms. The molecule has 0 aromatic carbocycles. The highest BCUT2D eigenvalue weighted by Gasteiger charge is 2.40. The molecule has 0 aliphatic heterocycles. The average Bonchev–Trinajstić information content (AvgIpc) is 2.81. The summed E-state index contributed by atoms with van der Waals surface area (Å²) in [5, 5.41) is 20.5. The lowest BCUT2D eigenvalue weighted by molar-refractivity contribution is -0.303. The monoisotopic (exact) mass is 488 g/mol. The van der Waals surface area contributed by atoms with E-state index in [1.54, 1.807) is 13.8 Å². The third-order valence-electron chi connectivity index (χ3n) is 5.62. The molecule has 0 saturated heterocycles. The van der Waals surface area contributed by atoms with Crippen molar-refractivity contribution >= 4 is 17.9 Å². The highest BCUT2D eigenvalue weighted by molar-refractivity contribution is 5.71. The second-order valence-electron chi connectivity index (χ2n) is 8.86. The van der Waals surface area contributed by atoms with E-state index in [2.05, 4.69) is 6.92 Å². The summed E-state index contributed by atoms with van der Waals surface area (Å²) >= 11 is 0. The van der Waals surface area contributed by atoms with Gasteiger partial charge in [0.2, 0.25) is 5.79 Å². The van der Waals surface area contributed by atoms with E-state index in [4.69, 9.17) is 14.2 Å². The number of rotatable bonds is 22. The van der Waals surface area contributed by atoms with Crippen LogP contribution in [0.15, 0.2) is 0 Å². The van der Waals surface area contributed by atoms with Crippen LogP contribution in [0, 0.1) is 0 Å². The molecule has 200 valence electrons. The van der Waals surface area contributed by atoms with Crippen LogP contribution in [-0.4, -0.2) is 46.8 Å². The lowest BCUT2D eigenvalue weighted by atomic mass is 10.0. The highest BCUT2D eigenvalue weighted by atomic mass is 16.7. The Labute approximate surface area is 205 Å². The number of unbranched alkanes of at least 4 members (excludes halogenated alkanes) is 11. The van der Waals surface area contributed by atoms with E-state index in [9.17, 15) is 24.6 Å². The Morgan fingerprint density at radius 3 is 1.65 bits per heavy atom. The number of ether oxygens (including phenoxy) is 3. The van der Waals surface area contributed by atoms with Crippen molar-refractivity contribution in [2.24, 2.45) is 0 Å². The van der Waals surface area contributed by atoms with Gasteiger partial charge in [0.25, 0.3) is 6.29 Å². The van der Waals surface area contributed by atoms with E-state index in [1.165, 1.54) is 38.5 Å². The quantitative estimate of drug-likeness (QED) is 0.119. The van der Waals surface area contributed by atoms with Gasteiger partial charge in [0, 0.05) is 25.7 Å². The third-order valence-corrected chi connectivity index (χ3v) is 5.62. The van der Waals surface area contributed by atoms with E-state index < -0.39 is 24.0 Å². The van der Waals surface area contributed by atoms with Gasteiger partial charge in [0.05, 0.1) is 6.61 Å². The minimum absolute atomic E-state index is 0.0256. The smallest absolute Gasteiger partial charge is 0.308 e. The molecule has 0 rings (SSSR count). The van der Waals surface area contributed by atoms with Gasteiger partial charge in [0.15, 0.2) is 0 Å². The molecular weight excluding hydrogens is 440 g/mol. The molecule has 8 nitrogen and oxygen atoms in total. The standard InChI is InChI=1S/C26H48O8/c1-4-7-8-9-10-11-15-18-21-32-24(29)19-16-13-12-14-17-20-26(30,31)25(33-22(27)5-2)34-23(28)6-3/h25,30-31H,4-21H2,1-3H3. The van der Waals surface area contributed by atoms with E-state index in [1.807, 2.05) is 0 Å². The largest absolute Gasteiger partial charge is 0.466 e. The number of esters is 3. The zero-order valence-corrected chi connectivity index (χ0v) is 21.6. The number of aliphatic hydroxyl groups is 2.